The summed E-state index contributed by atoms with van der Waals surface area (Å²) in [6, 6.07) is 18.3. The number of ether oxygens (including phenoxy) is 1. The van der Waals surface area contributed by atoms with Crippen molar-refractivity contribution in [1.29, 1.82) is 0 Å². The van der Waals surface area contributed by atoms with Gasteiger partial charge in [0.1, 0.15) is 11.6 Å². The van der Waals surface area contributed by atoms with Crippen LogP contribution in [0.5, 0.6) is 5.75 Å². The molecule has 8 heteroatoms. The molecule has 178 valence electrons. The normalized spacial score (nSPS) is 16.9. The van der Waals surface area contributed by atoms with Crippen molar-refractivity contribution >= 4 is 21.6 Å². The SMILES string of the molecule is CCC(c1ccccc1)N1Cc2cc(NS(=O)(=O)c3ccc(C)c(F)c3)ccc2OC(C)C1=O. The second kappa shape index (κ2) is 9.46. The van der Waals surface area contributed by atoms with E-state index in [4.69, 9.17) is 4.74 Å². The number of rotatable bonds is 6. The second-order valence-electron chi connectivity index (χ2n) is 8.40. The molecule has 1 aliphatic rings. The summed E-state index contributed by atoms with van der Waals surface area (Å²) < 4.78 is 48.0. The molecule has 6 nitrogen and oxygen atoms in total. The number of benzene rings is 3. The van der Waals surface area contributed by atoms with Gasteiger partial charge in [0.15, 0.2) is 6.10 Å². The lowest BCUT2D eigenvalue weighted by molar-refractivity contribution is -0.140. The third kappa shape index (κ3) is 4.77. The molecule has 1 heterocycles. The summed E-state index contributed by atoms with van der Waals surface area (Å²) in [6.45, 7) is 5.57. The molecule has 0 fully saturated rings. The fraction of sp³-hybridized carbons (Fsp3) is 0.269. The van der Waals surface area contributed by atoms with Gasteiger partial charge < -0.3 is 9.64 Å². The van der Waals surface area contributed by atoms with Gasteiger partial charge in [-0.05, 0) is 61.7 Å². The van der Waals surface area contributed by atoms with Crippen molar-refractivity contribution < 1.29 is 22.3 Å². The highest BCUT2D eigenvalue weighted by molar-refractivity contribution is 7.92. The number of nitrogens with one attached hydrogen (secondary N) is 1. The molecule has 3 aromatic carbocycles. The van der Waals surface area contributed by atoms with E-state index in [2.05, 4.69) is 4.72 Å². The highest BCUT2D eigenvalue weighted by Crippen LogP contribution is 2.34. The Morgan fingerprint density at radius 3 is 2.53 bits per heavy atom. The predicted molar refractivity (Wildman–Crippen MR) is 129 cm³/mol. The molecule has 34 heavy (non-hydrogen) atoms. The van der Waals surface area contributed by atoms with Crippen LogP contribution >= 0.6 is 0 Å². The van der Waals surface area contributed by atoms with Gasteiger partial charge in [0.05, 0.1) is 17.5 Å². The van der Waals surface area contributed by atoms with E-state index in [9.17, 15) is 17.6 Å². The third-order valence-electron chi connectivity index (χ3n) is 5.99. The van der Waals surface area contributed by atoms with Gasteiger partial charge in [-0.25, -0.2) is 12.8 Å². The Balaban J connectivity index is 1.66. The Hall–Kier alpha value is -3.39. The maximum atomic E-state index is 13.9. The van der Waals surface area contributed by atoms with Crippen LogP contribution in [0.2, 0.25) is 0 Å². The van der Waals surface area contributed by atoms with Crippen molar-refractivity contribution in [3.63, 3.8) is 0 Å². The fourth-order valence-electron chi connectivity index (χ4n) is 4.15. The van der Waals surface area contributed by atoms with Gasteiger partial charge in [-0.15, -0.1) is 0 Å². The minimum atomic E-state index is -4.00. The molecule has 0 saturated carbocycles. The minimum Gasteiger partial charge on any atom is -0.481 e. The summed E-state index contributed by atoms with van der Waals surface area (Å²) in [6.07, 6.45) is 0.0282. The first-order valence-corrected chi connectivity index (χ1v) is 12.6. The number of hydrogen-bond donors (Lipinski definition) is 1. The number of hydrogen-bond acceptors (Lipinski definition) is 4. The quantitative estimate of drug-likeness (QED) is 0.524. The first kappa shape index (κ1) is 23.8. The third-order valence-corrected chi connectivity index (χ3v) is 7.37. The van der Waals surface area contributed by atoms with E-state index >= 15 is 0 Å². The van der Waals surface area contributed by atoms with E-state index in [1.54, 1.807) is 36.9 Å². The molecule has 0 radical (unpaired) electrons. The molecule has 1 amide bonds. The molecule has 1 N–H and O–H groups in total. The van der Waals surface area contributed by atoms with Crippen LogP contribution in [0.25, 0.3) is 0 Å². The number of carbonyl (C=O) groups excluding carboxylic acids is 1. The largest absolute Gasteiger partial charge is 0.481 e. The molecule has 0 aliphatic carbocycles. The molecular weight excluding hydrogens is 455 g/mol. The van der Waals surface area contributed by atoms with Gasteiger partial charge in [0.25, 0.3) is 15.9 Å². The molecule has 2 atom stereocenters. The molecule has 0 aromatic heterocycles. The van der Waals surface area contributed by atoms with Crippen molar-refractivity contribution in [2.45, 2.75) is 50.8 Å². The van der Waals surface area contributed by atoms with Gasteiger partial charge in [-0.2, -0.15) is 0 Å². The Morgan fingerprint density at radius 1 is 1.12 bits per heavy atom. The van der Waals surface area contributed by atoms with Gasteiger partial charge in [-0.3, -0.25) is 9.52 Å². The minimum absolute atomic E-state index is 0.135. The lowest BCUT2D eigenvalue weighted by Gasteiger charge is -2.31. The lowest BCUT2D eigenvalue weighted by atomic mass is 10.0. The van der Waals surface area contributed by atoms with Crippen molar-refractivity contribution in [2.75, 3.05) is 4.72 Å². The number of nitrogens with zero attached hydrogens (tertiary/aromatic N) is 1. The molecule has 1 aliphatic heterocycles. The number of sulfonamides is 1. The average Bonchev–Trinajstić information content (AvgIpc) is 2.93. The number of halogens is 1. The zero-order valence-corrected chi connectivity index (χ0v) is 20.1. The topological polar surface area (TPSA) is 75.7 Å². The Labute approximate surface area is 199 Å². The molecule has 2 unspecified atom stereocenters. The van der Waals surface area contributed by atoms with Crippen molar-refractivity contribution in [1.82, 2.24) is 4.90 Å². The Kier molecular flexibility index (Phi) is 6.61. The zero-order valence-electron chi connectivity index (χ0n) is 19.3. The van der Waals surface area contributed by atoms with Crippen LogP contribution in [-0.4, -0.2) is 25.3 Å². The summed E-state index contributed by atoms with van der Waals surface area (Å²) in [5, 5.41) is 0. The van der Waals surface area contributed by atoms with Crippen LogP contribution in [0.15, 0.2) is 71.6 Å². The molecule has 4 rings (SSSR count). The molecule has 0 saturated heterocycles. The van der Waals surface area contributed by atoms with Crippen molar-refractivity contribution in [3.05, 3.63) is 89.2 Å². The van der Waals surface area contributed by atoms with Crippen LogP contribution in [0.1, 0.15) is 43.0 Å². The van der Waals surface area contributed by atoms with Gasteiger partial charge in [0.2, 0.25) is 0 Å². The molecule has 3 aromatic rings. The average molecular weight is 483 g/mol. The summed E-state index contributed by atoms with van der Waals surface area (Å²) >= 11 is 0. The first-order valence-electron chi connectivity index (χ1n) is 11.1. The maximum absolute atomic E-state index is 13.9. The summed E-state index contributed by atoms with van der Waals surface area (Å²) in [5.74, 6) is -0.201. The maximum Gasteiger partial charge on any atom is 0.264 e. The number of anilines is 1. The van der Waals surface area contributed by atoms with Gasteiger partial charge in [-0.1, -0.05) is 43.3 Å². The standard InChI is InChI=1S/C26H27FN2O4S/c1-4-24(19-8-6-5-7-9-19)29-16-20-14-21(11-13-25(20)33-18(3)26(29)30)28-34(31,32)22-12-10-17(2)23(27)15-22/h5-15,18,24,28H,4,16H2,1-3H3. The van der Waals surface area contributed by atoms with Crippen LogP contribution in [-0.2, 0) is 21.4 Å². The molecule has 0 bridgehead atoms. The Morgan fingerprint density at radius 2 is 1.85 bits per heavy atom. The number of fused-ring (bicyclic) bond motifs is 1. The van der Waals surface area contributed by atoms with E-state index in [1.807, 2.05) is 37.3 Å². The van der Waals surface area contributed by atoms with Crippen LogP contribution in [0.3, 0.4) is 0 Å². The lowest BCUT2D eigenvalue weighted by Crippen LogP contribution is -2.40. The van der Waals surface area contributed by atoms with Crippen molar-refractivity contribution in [2.24, 2.45) is 0 Å². The summed E-state index contributed by atoms with van der Waals surface area (Å²) in [5.41, 5.74) is 2.37. The smallest absolute Gasteiger partial charge is 0.264 e. The fourth-order valence-corrected chi connectivity index (χ4v) is 5.21. The van der Waals surface area contributed by atoms with Crippen LogP contribution in [0.4, 0.5) is 10.1 Å². The van der Waals surface area contributed by atoms with E-state index in [-0.39, 0.29) is 23.4 Å². The highest BCUT2D eigenvalue weighted by atomic mass is 32.2. The first-order chi connectivity index (χ1) is 16.2. The van der Waals surface area contributed by atoms with Gasteiger partial charge in [0, 0.05) is 11.3 Å². The van der Waals surface area contributed by atoms with Crippen molar-refractivity contribution in [3.8, 4) is 5.75 Å². The van der Waals surface area contributed by atoms with Gasteiger partial charge >= 0.3 is 0 Å². The number of carbonyl (C=O) groups is 1. The van der Waals surface area contributed by atoms with Crippen LogP contribution in [0, 0.1) is 12.7 Å². The zero-order chi connectivity index (χ0) is 24.5. The predicted octanol–water partition coefficient (Wildman–Crippen LogP) is 5.20. The monoisotopic (exact) mass is 482 g/mol. The summed E-state index contributed by atoms with van der Waals surface area (Å²) in [4.78, 5) is 14.8. The van der Waals surface area contributed by atoms with E-state index < -0.39 is 21.9 Å². The van der Waals surface area contributed by atoms with E-state index in [0.717, 1.165) is 11.6 Å². The second-order valence-corrected chi connectivity index (χ2v) is 10.1. The molecule has 0 spiro atoms. The Bertz CT molecular complexity index is 1310. The van der Waals surface area contributed by atoms with Crippen LogP contribution < -0.4 is 9.46 Å². The number of amides is 1. The highest BCUT2D eigenvalue weighted by Gasteiger charge is 2.33. The molecular formula is C26H27FN2O4S. The van der Waals surface area contributed by atoms with E-state index in [1.165, 1.54) is 12.1 Å². The number of aryl methyl sites for hydroxylation is 1. The summed E-state index contributed by atoms with van der Waals surface area (Å²) in [7, 11) is -4.00. The van der Waals surface area contributed by atoms with E-state index in [0.29, 0.717) is 29.0 Å².